The molecule has 0 aromatic heterocycles. The molecule has 0 bridgehead atoms. The highest BCUT2D eigenvalue weighted by Gasteiger charge is 2.26. The first-order chi connectivity index (χ1) is 6.08. The van der Waals surface area contributed by atoms with Gasteiger partial charge in [-0.2, -0.15) is 0 Å². The van der Waals surface area contributed by atoms with Crippen LogP contribution in [0.4, 0.5) is 0 Å². The highest BCUT2D eigenvalue weighted by molar-refractivity contribution is 5.78. The van der Waals surface area contributed by atoms with E-state index in [2.05, 4.69) is 13.8 Å². The molecule has 1 aliphatic carbocycles. The van der Waals surface area contributed by atoms with Gasteiger partial charge in [0.2, 0.25) is 0 Å². The van der Waals surface area contributed by atoms with Gasteiger partial charge in [-0.3, -0.25) is 4.79 Å². The number of aliphatic hydroxyl groups is 1. The second-order valence-corrected chi connectivity index (χ2v) is 4.67. The predicted octanol–water partition coefficient (Wildman–Crippen LogP) is 2.15. The number of hydrogen-bond donors (Lipinski definition) is 1. The average molecular weight is 184 g/mol. The van der Waals surface area contributed by atoms with Crippen molar-refractivity contribution in [2.24, 2.45) is 11.8 Å². The maximum absolute atomic E-state index is 11.3. The minimum absolute atomic E-state index is 0.0785. The van der Waals surface area contributed by atoms with Crippen LogP contribution in [0.1, 0.15) is 46.0 Å². The van der Waals surface area contributed by atoms with Crippen LogP contribution in [0.15, 0.2) is 0 Å². The van der Waals surface area contributed by atoms with Gasteiger partial charge in [-0.25, -0.2) is 0 Å². The summed E-state index contributed by atoms with van der Waals surface area (Å²) in [7, 11) is 0. The molecule has 0 spiro atoms. The SMILES string of the molecule is CC(C)CC(=O)CCC1CC(O)C1. The van der Waals surface area contributed by atoms with Gasteiger partial charge in [0.25, 0.3) is 0 Å². The van der Waals surface area contributed by atoms with Gasteiger partial charge in [0, 0.05) is 12.8 Å². The second-order valence-electron chi connectivity index (χ2n) is 4.67. The Morgan fingerprint density at radius 1 is 1.46 bits per heavy atom. The molecule has 2 nitrogen and oxygen atoms in total. The molecular weight excluding hydrogens is 164 g/mol. The predicted molar refractivity (Wildman–Crippen MR) is 52.4 cm³/mol. The fourth-order valence-electron chi connectivity index (χ4n) is 1.86. The molecule has 0 aromatic rings. The van der Waals surface area contributed by atoms with Crippen LogP contribution in [-0.2, 0) is 4.79 Å². The monoisotopic (exact) mass is 184 g/mol. The molecule has 0 aliphatic heterocycles. The maximum atomic E-state index is 11.3. The zero-order valence-corrected chi connectivity index (χ0v) is 8.62. The summed E-state index contributed by atoms with van der Waals surface area (Å²) in [5, 5.41) is 9.04. The van der Waals surface area contributed by atoms with Crippen molar-refractivity contribution >= 4 is 5.78 Å². The van der Waals surface area contributed by atoms with Crippen molar-refractivity contribution in [2.45, 2.75) is 52.1 Å². The first-order valence-corrected chi connectivity index (χ1v) is 5.27. The lowest BCUT2D eigenvalue weighted by atomic mass is 9.79. The van der Waals surface area contributed by atoms with E-state index in [4.69, 9.17) is 5.11 Å². The molecule has 1 N–H and O–H groups in total. The standard InChI is InChI=1S/C11H20O2/c1-8(2)5-10(12)4-3-9-6-11(13)7-9/h8-9,11,13H,3-7H2,1-2H3. The lowest BCUT2D eigenvalue weighted by Gasteiger charge is -2.31. The molecule has 1 fully saturated rings. The van der Waals surface area contributed by atoms with E-state index >= 15 is 0 Å². The number of aliphatic hydroxyl groups excluding tert-OH is 1. The minimum Gasteiger partial charge on any atom is -0.393 e. The molecule has 0 amide bonds. The van der Waals surface area contributed by atoms with Gasteiger partial charge < -0.3 is 5.11 Å². The van der Waals surface area contributed by atoms with Gasteiger partial charge in [-0.05, 0) is 31.1 Å². The van der Waals surface area contributed by atoms with E-state index in [0.29, 0.717) is 17.6 Å². The van der Waals surface area contributed by atoms with Gasteiger partial charge in [-0.1, -0.05) is 13.8 Å². The number of Topliss-reactive ketones (excluding diaryl/α,β-unsaturated/α-hetero) is 1. The Bertz CT molecular complexity index is 169. The summed E-state index contributed by atoms with van der Waals surface area (Å²) in [5.41, 5.74) is 0. The van der Waals surface area contributed by atoms with E-state index < -0.39 is 0 Å². The third-order valence-corrected chi connectivity index (χ3v) is 2.68. The largest absolute Gasteiger partial charge is 0.393 e. The summed E-state index contributed by atoms with van der Waals surface area (Å²) in [6, 6.07) is 0. The molecule has 1 aliphatic rings. The van der Waals surface area contributed by atoms with E-state index in [1.807, 2.05) is 0 Å². The zero-order valence-electron chi connectivity index (χ0n) is 8.62. The van der Waals surface area contributed by atoms with Crippen molar-refractivity contribution in [3.05, 3.63) is 0 Å². The van der Waals surface area contributed by atoms with Gasteiger partial charge in [0.15, 0.2) is 0 Å². The van der Waals surface area contributed by atoms with Gasteiger partial charge in [0.05, 0.1) is 6.10 Å². The number of hydrogen-bond acceptors (Lipinski definition) is 2. The molecule has 0 radical (unpaired) electrons. The lowest BCUT2D eigenvalue weighted by molar-refractivity contribution is -0.120. The van der Waals surface area contributed by atoms with Crippen molar-refractivity contribution in [1.29, 1.82) is 0 Å². The van der Waals surface area contributed by atoms with Crippen molar-refractivity contribution in [2.75, 3.05) is 0 Å². The van der Waals surface area contributed by atoms with Gasteiger partial charge in [0.1, 0.15) is 5.78 Å². The molecule has 13 heavy (non-hydrogen) atoms. The first kappa shape index (κ1) is 10.7. The molecule has 1 saturated carbocycles. The van der Waals surface area contributed by atoms with Crippen LogP contribution < -0.4 is 0 Å². The van der Waals surface area contributed by atoms with E-state index in [0.717, 1.165) is 32.1 Å². The second kappa shape index (κ2) is 4.75. The summed E-state index contributed by atoms with van der Waals surface area (Å²) >= 11 is 0. The molecule has 0 unspecified atom stereocenters. The quantitative estimate of drug-likeness (QED) is 0.711. The Labute approximate surface area is 80.3 Å². The van der Waals surface area contributed by atoms with Gasteiger partial charge in [-0.15, -0.1) is 0 Å². The van der Waals surface area contributed by atoms with Crippen LogP contribution in [0.5, 0.6) is 0 Å². The Balaban J connectivity index is 2.02. The Hall–Kier alpha value is -0.370. The van der Waals surface area contributed by atoms with Crippen LogP contribution >= 0.6 is 0 Å². The number of rotatable bonds is 5. The number of ketones is 1. The zero-order chi connectivity index (χ0) is 9.84. The van der Waals surface area contributed by atoms with Crippen molar-refractivity contribution in [1.82, 2.24) is 0 Å². The molecular formula is C11H20O2. The summed E-state index contributed by atoms with van der Waals surface area (Å²) < 4.78 is 0. The van der Waals surface area contributed by atoms with Crippen molar-refractivity contribution < 1.29 is 9.90 Å². The van der Waals surface area contributed by atoms with Crippen LogP contribution in [0.25, 0.3) is 0 Å². The third-order valence-electron chi connectivity index (χ3n) is 2.68. The van der Waals surface area contributed by atoms with Gasteiger partial charge >= 0.3 is 0 Å². The smallest absolute Gasteiger partial charge is 0.133 e. The highest BCUT2D eigenvalue weighted by Crippen LogP contribution is 2.31. The average Bonchev–Trinajstić information content (AvgIpc) is 1.94. The van der Waals surface area contributed by atoms with E-state index in [-0.39, 0.29) is 6.10 Å². The molecule has 76 valence electrons. The summed E-state index contributed by atoms with van der Waals surface area (Å²) in [6.45, 7) is 4.15. The Morgan fingerprint density at radius 2 is 2.08 bits per heavy atom. The van der Waals surface area contributed by atoms with Crippen LogP contribution in [-0.4, -0.2) is 17.0 Å². The maximum Gasteiger partial charge on any atom is 0.133 e. The molecule has 1 rings (SSSR count). The molecule has 2 heteroatoms. The fraction of sp³-hybridized carbons (Fsp3) is 0.909. The molecule has 0 atom stereocenters. The molecule has 0 saturated heterocycles. The topological polar surface area (TPSA) is 37.3 Å². The van der Waals surface area contributed by atoms with Crippen molar-refractivity contribution in [3.63, 3.8) is 0 Å². The van der Waals surface area contributed by atoms with Crippen LogP contribution in [0.2, 0.25) is 0 Å². The Kier molecular flexibility index (Phi) is 3.91. The first-order valence-electron chi connectivity index (χ1n) is 5.27. The number of carbonyl (C=O) groups is 1. The molecule has 0 aromatic carbocycles. The molecule has 0 heterocycles. The lowest BCUT2D eigenvalue weighted by Crippen LogP contribution is -2.28. The minimum atomic E-state index is -0.0785. The Morgan fingerprint density at radius 3 is 2.54 bits per heavy atom. The summed E-state index contributed by atoms with van der Waals surface area (Å²) in [4.78, 5) is 11.3. The number of carbonyl (C=O) groups excluding carboxylic acids is 1. The van der Waals surface area contributed by atoms with Crippen molar-refractivity contribution in [3.8, 4) is 0 Å². The fourth-order valence-corrected chi connectivity index (χ4v) is 1.86. The van der Waals surface area contributed by atoms with E-state index in [1.165, 1.54) is 0 Å². The summed E-state index contributed by atoms with van der Waals surface area (Å²) in [5.74, 6) is 1.49. The highest BCUT2D eigenvalue weighted by atomic mass is 16.3. The van der Waals surface area contributed by atoms with Crippen LogP contribution in [0, 0.1) is 11.8 Å². The van der Waals surface area contributed by atoms with Crippen LogP contribution in [0.3, 0.4) is 0 Å². The summed E-state index contributed by atoms with van der Waals surface area (Å²) in [6.07, 6.45) is 4.17. The third kappa shape index (κ3) is 3.90. The van der Waals surface area contributed by atoms with E-state index in [9.17, 15) is 4.79 Å². The van der Waals surface area contributed by atoms with E-state index in [1.54, 1.807) is 0 Å². The normalized spacial score (nSPS) is 27.4.